The topological polar surface area (TPSA) is 42.9 Å². The standard InChI is InChI=1S/C17H12F2N2OS/c1-10(16(22)11-6-7-13(18)14(19)8-11)23-17-12-4-2-3-5-15(12)20-9-21-17/h2-10H,1H3. The summed E-state index contributed by atoms with van der Waals surface area (Å²) in [4.78, 5) is 20.8. The Labute approximate surface area is 135 Å². The van der Waals surface area contributed by atoms with Gasteiger partial charge in [0.1, 0.15) is 11.4 Å². The first kappa shape index (κ1) is 15.6. The van der Waals surface area contributed by atoms with E-state index in [1.165, 1.54) is 24.2 Å². The summed E-state index contributed by atoms with van der Waals surface area (Å²) in [5.74, 6) is -2.28. The number of carbonyl (C=O) groups is 1. The van der Waals surface area contributed by atoms with Gasteiger partial charge in [0.05, 0.1) is 10.8 Å². The highest BCUT2D eigenvalue weighted by atomic mass is 32.2. The van der Waals surface area contributed by atoms with Crippen LogP contribution in [0, 0.1) is 11.6 Å². The van der Waals surface area contributed by atoms with E-state index in [4.69, 9.17) is 0 Å². The maximum Gasteiger partial charge on any atom is 0.176 e. The number of hydrogen-bond donors (Lipinski definition) is 0. The molecule has 3 rings (SSSR count). The highest BCUT2D eigenvalue weighted by Crippen LogP contribution is 2.29. The molecule has 3 aromatic rings. The van der Waals surface area contributed by atoms with Crippen molar-refractivity contribution in [3.8, 4) is 0 Å². The Hall–Kier alpha value is -2.34. The van der Waals surface area contributed by atoms with Gasteiger partial charge in [-0.1, -0.05) is 30.0 Å². The zero-order chi connectivity index (χ0) is 16.4. The lowest BCUT2D eigenvalue weighted by Gasteiger charge is -2.11. The number of halogens is 2. The molecular weight excluding hydrogens is 318 g/mol. The molecule has 0 saturated heterocycles. The maximum absolute atomic E-state index is 13.3. The summed E-state index contributed by atoms with van der Waals surface area (Å²) < 4.78 is 26.3. The lowest BCUT2D eigenvalue weighted by Crippen LogP contribution is -2.14. The van der Waals surface area contributed by atoms with E-state index in [1.54, 1.807) is 6.92 Å². The molecular formula is C17H12F2N2OS. The van der Waals surface area contributed by atoms with Crippen molar-refractivity contribution in [2.45, 2.75) is 17.2 Å². The van der Waals surface area contributed by atoms with Crippen LogP contribution in [0.4, 0.5) is 8.78 Å². The van der Waals surface area contributed by atoms with Crippen LogP contribution in [-0.4, -0.2) is 21.0 Å². The Balaban J connectivity index is 1.86. The smallest absolute Gasteiger partial charge is 0.176 e. The molecule has 1 heterocycles. The van der Waals surface area contributed by atoms with Gasteiger partial charge in [0, 0.05) is 10.9 Å². The predicted octanol–water partition coefficient (Wildman–Crippen LogP) is 4.27. The third-order valence-electron chi connectivity index (χ3n) is 3.37. The summed E-state index contributed by atoms with van der Waals surface area (Å²) in [5, 5.41) is 1.04. The number of fused-ring (bicyclic) bond motifs is 1. The van der Waals surface area contributed by atoms with Gasteiger partial charge in [0.2, 0.25) is 0 Å². The van der Waals surface area contributed by atoms with Gasteiger partial charge in [-0.2, -0.15) is 0 Å². The van der Waals surface area contributed by atoms with Gasteiger partial charge in [0.25, 0.3) is 0 Å². The zero-order valence-corrected chi connectivity index (χ0v) is 13.0. The highest BCUT2D eigenvalue weighted by Gasteiger charge is 2.19. The van der Waals surface area contributed by atoms with Gasteiger partial charge in [0.15, 0.2) is 17.4 Å². The number of aromatic nitrogens is 2. The number of ketones is 1. The first-order valence-electron chi connectivity index (χ1n) is 6.92. The monoisotopic (exact) mass is 330 g/mol. The van der Waals surface area contributed by atoms with E-state index >= 15 is 0 Å². The molecule has 2 aromatic carbocycles. The van der Waals surface area contributed by atoms with Crippen molar-refractivity contribution in [3.05, 3.63) is 66.0 Å². The average Bonchev–Trinajstić information content (AvgIpc) is 2.57. The molecule has 0 amide bonds. The van der Waals surface area contributed by atoms with E-state index in [0.29, 0.717) is 5.03 Å². The molecule has 0 N–H and O–H groups in total. The molecule has 0 radical (unpaired) electrons. The predicted molar refractivity (Wildman–Crippen MR) is 85.5 cm³/mol. The normalized spacial score (nSPS) is 12.3. The number of para-hydroxylation sites is 1. The van der Waals surface area contributed by atoms with Crippen LogP contribution in [0.15, 0.2) is 53.8 Å². The molecule has 0 spiro atoms. The number of hydrogen-bond acceptors (Lipinski definition) is 4. The molecule has 1 atom stereocenters. The third-order valence-corrected chi connectivity index (χ3v) is 4.48. The minimum atomic E-state index is -1.03. The molecule has 0 aliphatic carbocycles. The molecule has 0 fully saturated rings. The van der Waals surface area contributed by atoms with Crippen molar-refractivity contribution in [1.29, 1.82) is 0 Å². The molecule has 116 valence electrons. The van der Waals surface area contributed by atoms with Gasteiger partial charge in [-0.3, -0.25) is 4.79 Å². The van der Waals surface area contributed by atoms with Gasteiger partial charge in [-0.25, -0.2) is 18.7 Å². The number of nitrogens with zero attached hydrogens (tertiary/aromatic N) is 2. The van der Waals surface area contributed by atoms with Crippen LogP contribution in [0.5, 0.6) is 0 Å². The van der Waals surface area contributed by atoms with Gasteiger partial charge in [-0.05, 0) is 31.2 Å². The van der Waals surface area contributed by atoms with Crippen LogP contribution >= 0.6 is 11.8 Å². The summed E-state index contributed by atoms with van der Waals surface area (Å²) in [6, 6.07) is 10.7. The molecule has 0 aliphatic rings. The molecule has 0 aliphatic heterocycles. The maximum atomic E-state index is 13.3. The Kier molecular flexibility index (Phi) is 4.34. The Bertz CT molecular complexity index is 880. The first-order chi connectivity index (χ1) is 11.1. The summed E-state index contributed by atoms with van der Waals surface area (Å²) >= 11 is 1.27. The fourth-order valence-corrected chi connectivity index (χ4v) is 3.16. The van der Waals surface area contributed by atoms with Crippen LogP contribution in [-0.2, 0) is 0 Å². The Morgan fingerprint density at radius 2 is 1.87 bits per heavy atom. The fraction of sp³-hybridized carbons (Fsp3) is 0.118. The van der Waals surface area contributed by atoms with E-state index in [0.717, 1.165) is 23.0 Å². The second kappa shape index (κ2) is 6.42. The first-order valence-corrected chi connectivity index (χ1v) is 7.80. The second-order valence-electron chi connectivity index (χ2n) is 4.95. The van der Waals surface area contributed by atoms with Crippen LogP contribution in [0.2, 0.25) is 0 Å². The Morgan fingerprint density at radius 1 is 1.09 bits per heavy atom. The van der Waals surface area contributed by atoms with E-state index in [1.807, 2.05) is 24.3 Å². The molecule has 0 bridgehead atoms. The van der Waals surface area contributed by atoms with Gasteiger partial charge in [-0.15, -0.1) is 0 Å². The molecule has 23 heavy (non-hydrogen) atoms. The van der Waals surface area contributed by atoms with E-state index < -0.39 is 16.9 Å². The third kappa shape index (κ3) is 3.22. The number of thioether (sulfide) groups is 1. The lowest BCUT2D eigenvalue weighted by atomic mass is 10.1. The second-order valence-corrected chi connectivity index (χ2v) is 6.28. The van der Waals surface area contributed by atoms with Crippen LogP contribution < -0.4 is 0 Å². The number of rotatable bonds is 4. The molecule has 1 unspecified atom stereocenters. The summed E-state index contributed by atoms with van der Waals surface area (Å²) in [6.45, 7) is 1.71. The van der Waals surface area contributed by atoms with Crippen LogP contribution in [0.25, 0.3) is 10.9 Å². The molecule has 3 nitrogen and oxygen atoms in total. The average molecular weight is 330 g/mol. The summed E-state index contributed by atoms with van der Waals surface area (Å²) in [7, 11) is 0. The lowest BCUT2D eigenvalue weighted by molar-refractivity contribution is 0.0993. The summed E-state index contributed by atoms with van der Waals surface area (Å²) in [5.41, 5.74) is 0.930. The molecule has 6 heteroatoms. The van der Waals surface area contributed by atoms with Gasteiger partial charge >= 0.3 is 0 Å². The Morgan fingerprint density at radius 3 is 2.65 bits per heavy atom. The van der Waals surface area contributed by atoms with Crippen molar-refractivity contribution < 1.29 is 13.6 Å². The minimum Gasteiger partial charge on any atom is -0.293 e. The minimum absolute atomic E-state index is 0.141. The molecule has 1 aromatic heterocycles. The number of benzene rings is 2. The fourth-order valence-electron chi connectivity index (χ4n) is 2.18. The van der Waals surface area contributed by atoms with Crippen molar-refractivity contribution in [3.63, 3.8) is 0 Å². The highest BCUT2D eigenvalue weighted by molar-refractivity contribution is 8.00. The number of Topliss-reactive ketones (excluding diaryl/α,β-unsaturated/α-hetero) is 1. The van der Waals surface area contributed by atoms with Crippen molar-refractivity contribution in [1.82, 2.24) is 9.97 Å². The van der Waals surface area contributed by atoms with E-state index in [2.05, 4.69) is 9.97 Å². The SMILES string of the molecule is CC(Sc1ncnc2ccccc12)C(=O)c1ccc(F)c(F)c1. The van der Waals surface area contributed by atoms with Crippen LogP contribution in [0.3, 0.4) is 0 Å². The van der Waals surface area contributed by atoms with Crippen molar-refractivity contribution in [2.75, 3.05) is 0 Å². The van der Waals surface area contributed by atoms with E-state index in [9.17, 15) is 13.6 Å². The van der Waals surface area contributed by atoms with Crippen molar-refractivity contribution >= 4 is 28.4 Å². The quantitative estimate of drug-likeness (QED) is 0.407. The number of carbonyl (C=O) groups excluding carboxylic acids is 1. The van der Waals surface area contributed by atoms with Gasteiger partial charge < -0.3 is 0 Å². The van der Waals surface area contributed by atoms with E-state index in [-0.39, 0.29) is 11.3 Å². The summed E-state index contributed by atoms with van der Waals surface area (Å²) in [6.07, 6.45) is 1.44. The zero-order valence-electron chi connectivity index (χ0n) is 12.2. The molecule has 0 saturated carbocycles. The van der Waals surface area contributed by atoms with Crippen molar-refractivity contribution in [2.24, 2.45) is 0 Å². The largest absolute Gasteiger partial charge is 0.293 e. The van der Waals surface area contributed by atoms with Crippen LogP contribution in [0.1, 0.15) is 17.3 Å².